The van der Waals surface area contributed by atoms with Gasteiger partial charge in [0.05, 0.1) is 0 Å². The highest BCUT2D eigenvalue weighted by molar-refractivity contribution is 7.53. The molecule has 43 heavy (non-hydrogen) atoms. The van der Waals surface area contributed by atoms with E-state index in [1.165, 1.54) is 0 Å². The summed E-state index contributed by atoms with van der Waals surface area (Å²) >= 11 is 0. The zero-order valence-corrected chi connectivity index (χ0v) is 26.0. The molecule has 0 N–H and O–H groups in total. The van der Waals surface area contributed by atoms with E-state index in [2.05, 4.69) is 75.6 Å². The van der Waals surface area contributed by atoms with E-state index in [4.69, 9.17) is 13.8 Å². The lowest BCUT2D eigenvalue weighted by Gasteiger charge is -2.37. The lowest BCUT2D eigenvalue weighted by Crippen LogP contribution is -2.44. The minimum atomic E-state index is -4.15. The van der Waals surface area contributed by atoms with Crippen LogP contribution in [0.25, 0.3) is 32.7 Å². The van der Waals surface area contributed by atoms with Gasteiger partial charge < -0.3 is 13.9 Å². The highest BCUT2D eigenvalue weighted by Crippen LogP contribution is 2.60. The number of amidine groups is 1. The molecule has 5 aromatic carbocycles. The second kappa shape index (κ2) is 11.7. The Morgan fingerprint density at radius 2 is 1.23 bits per heavy atom. The first-order chi connectivity index (χ1) is 20.8. The van der Waals surface area contributed by atoms with Crippen molar-refractivity contribution in [3.8, 4) is 22.6 Å². The van der Waals surface area contributed by atoms with Crippen molar-refractivity contribution in [3.05, 3.63) is 121 Å². The van der Waals surface area contributed by atoms with Gasteiger partial charge in [-0.05, 0) is 73.4 Å². The maximum Gasteiger partial charge on any atom is 0.565 e. The van der Waals surface area contributed by atoms with Gasteiger partial charge in [-0.15, -0.1) is 11.3 Å². The van der Waals surface area contributed by atoms with E-state index < -0.39 is 7.75 Å². The van der Waals surface area contributed by atoms with Gasteiger partial charge in [-0.25, -0.2) is 4.57 Å². The fourth-order valence-corrected chi connectivity index (χ4v) is 7.69. The Balaban J connectivity index is 1.63. The minimum absolute atomic E-state index is 0.0841. The second-order valence-corrected chi connectivity index (χ2v) is 13.0. The summed E-state index contributed by atoms with van der Waals surface area (Å²) < 4.78 is 33.1. The molecule has 5 nitrogen and oxygen atoms in total. The molecule has 5 aromatic rings. The molecule has 1 aliphatic heterocycles. The van der Waals surface area contributed by atoms with Crippen LogP contribution in [0.1, 0.15) is 45.6 Å². The lowest BCUT2D eigenvalue weighted by atomic mass is 9.92. The zero-order chi connectivity index (χ0) is 30.1. The summed E-state index contributed by atoms with van der Waals surface area (Å²) in [4.78, 5) is 2.21. The third kappa shape index (κ3) is 5.46. The van der Waals surface area contributed by atoms with E-state index in [9.17, 15) is 0 Å². The Morgan fingerprint density at radius 1 is 0.744 bits per heavy atom. The van der Waals surface area contributed by atoms with Crippen molar-refractivity contribution in [3.63, 3.8) is 0 Å². The van der Waals surface area contributed by atoms with E-state index in [1.807, 2.05) is 72.8 Å². The molecule has 0 saturated heterocycles. The SMILES string of the molecule is C=CCC(/C(=N/P1(=O)Oc2ccc3ccccc3c2-c2c(ccc3ccccc23)O1)N(C(C)C)C(C)C)c1ccccc1. The van der Waals surface area contributed by atoms with Gasteiger partial charge >= 0.3 is 7.75 Å². The van der Waals surface area contributed by atoms with Gasteiger partial charge in [0.15, 0.2) is 0 Å². The zero-order valence-electron chi connectivity index (χ0n) is 25.1. The number of hydrogen-bond donors (Lipinski definition) is 0. The van der Waals surface area contributed by atoms with Crippen molar-refractivity contribution in [1.82, 2.24) is 4.90 Å². The van der Waals surface area contributed by atoms with E-state index in [-0.39, 0.29) is 18.0 Å². The molecule has 0 aromatic heterocycles. The Labute approximate surface area is 254 Å². The van der Waals surface area contributed by atoms with Crippen molar-refractivity contribution >= 4 is 35.1 Å². The van der Waals surface area contributed by atoms with E-state index in [0.29, 0.717) is 23.8 Å². The predicted octanol–water partition coefficient (Wildman–Crippen LogP) is 10.4. The third-order valence-corrected chi connectivity index (χ3v) is 9.28. The summed E-state index contributed by atoms with van der Waals surface area (Å²) in [6.07, 6.45) is 2.50. The number of rotatable bonds is 7. The summed E-state index contributed by atoms with van der Waals surface area (Å²) in [6.45, 7) is 12.5. The number of nitrogens with zero attached hydrogens (tertiary/aromatic N) is 2. The molecule has 1 atom stereocenters. The van der Waals surface area contributed by atoms with Crippen LogP contribution in [0.3, 0.4) is 0 Å². The predicted molar refractivity (Wildman–Crippen MR) is 179 cm³/mol. The molecule has 1 heterocycles. The van der Waals surface area contributed by atoms with Gasteiger partial charge in [-0.2, -0.15) is 0 Å². The second-order valence-electron chi connectivity index (χ2n) is 11.5. The molecule has 6 heteroatoms. The molecule has 6 rings (SSSR count). The average molecular weight is 589 g/mol. The minimum Gasteiger partial charge on any atom is -0.398 e. The number of fused-ring (bicyclic) bond motifs is 7. The van der Waals surface area contributed by atoms with Crippen LogP contribution in [0.5, 0.6) is 11.5 Å². The molecule has 218 valence electrons. The Morgan fingerprint density at radius 3 is 1.72 bits per heavy atom. The van der Waals surface area contributed by atoms with Crippen LogP contribution in [0.2, 0.25) is 0 Å². The normalized spacial score (nSPS) is 14.9. The first kappa shape index (κ1) is 28.8. The fraction of sp³-hybridized carbons (Fsp3) is 0.216. The lowest BCUT2D eigenvalue weighted by molar-refractivity contribution is 0.282. The average Bonchev–Trinajstić information content (AvgIpc) is 3.13. The van der Waals surface area contributed by atoms with Crippen LogP contribution in [-0.2, 0) is 4.57 Å². The first-order valence-corrected chi connectivity index (χ1v) is 16.4. The summed E-state index contributed by atoms with van der Waals surface area (Å²) in [5.74, 6) is 1.43. The Bertz CT molecular complexity index is 1780. The van der Waals surface area contributed by atoms with Gasteiger partial charge in [-0.3, -0.25) is 0 Å². The topological polar surface area (TPSA) is 51.1 Å². The summed E-state index contributed by atoms with van der Waals surface area (Å²) in [7, 11) is -4.15. The van der Waals surface area contributed by atoms with E-state index in [0.717, 1.165) is 38.2 Å². The van der Waals surface area contributed by atoms with Crippen molar-refractivity contribution in [2.24, 2.45) is 4.76 Å². The van der Waals surface area contributed by atoms with Gasteiger partial charge in [0.1, 0.15) is 17.3 Å². The number of hydrogen-bond acceptors (Lipinski definition) is 3. The first-order valence-electron chi connectivity index (χ1n) is 14.9. The van der Waals surface area contributed by atoms with Crippen LogP contribution < -0.4 is 9.05 Å². The maximum absolute atomic E-state index is 15.1. The third-order valence-electron chi connectivity index (χ3n) is 7.98. The molecule has 0 saturated carbocycles. The van der Waals surface area contributed by atoms with Crippen molar-refractivity contribution in [1.29, 1.82) is 0 Å². The molecule has 0 bridgehead atoms. The van der Waals surface area contributed by atoms with E-state index >= 15 is 4.57 Å². The molecule has 0 radical (unpaired) electrons. The Hall–Kier alpha value is -4.34. The number of allylic oxidation sites excluding steroid dienone is 1. The Kier molecular flexibility index (Phi) is 7.85. The molecule has 1 unspecified atom stereocenters. The standard InChI is InChI=1S/C37H37N2O3P/c1-6-14-32(27-15-8-7-9-16-27)37(39(25(2)3)26(4)5)38-43(40)41-33-23-21-28-17-10-12-19-30(28)35(33)36-31-20-13-11-18-29(31)22-24-34(36)42-43/h6-13,15-26,32H,1,14H2,2-5H3/b38-37-. The summed E-state index contributed by atoms with van der Waals surface area (Å²) in [6, 6.07) is 34.5. The van der Waals surface area contributed by atoms with Crippen LogP contribution in [0.15, 0.2) is 121 Å². The summed E-state index contributed by atoms with van der Waals surface area (Å²) in [5.41, 5.74) is 2.77. The van der Waals surface area contributed by atoms with Crippen molar-refractivity contribution < 1.29 is 13.6 Å². The molecule has 0 fully saturated rings. The van der Waals surface area contributed by atoms with Crippen LogP contribution in [-0.4, -0.2) is 22.8 Å². The summed E-state index contributed by atoms with van der Waals surface area (Å²) in [5, 5.41) is 4.12. The fourth-order valence-electron chi connectivity index (χ4n) is 6.27. The molecule has 0 amide bonds. The van der Waals surface area contributed by atoms with Crippen LogP contribution in [0.4, 0.5) is 0 Å². The van der Waals surface area contributed by atoms with Gasteiger partial charge in [0.25, 0.3) is 0 Å². The quantitative estimate of drug-likeness (QED) is 0.0821. The molecule has 0 spiro atoms. The highest BCUT2D eigenvalue weighted by Gasteiger charge is 2.39. The molecular formula is C37H37N2O3P. The molecular weight excluding hydrogens is 551 g/mol. The van der Waals surface area contributed by atoms with Crippen LogP contribution >= 0.6 is 7.75 Å². The van der Waals surface area contributed by atoms with Gasteiger partial charge in [-0.1, -0.05) is 97.1 Å². The number of benzene rings is 5. The molecule has 1 aliphatic rings. The largest absolute Gasteiger partial charge is 0.565 e. The van der Waals surface area contributed by atoms with E-state index in [1.54, 1.807) is 0 Å². The van der Waals surface area contributed by atoms with Crippen molar-refractivity contribution in [2.45, 2.75) is 52.1 Å². The molecule has 0 aliphatic carbocycles. The maximum atomic E-state index is 15.1. The van der Waals surface area contributed by atoms with Crippen LogP contribution in [0, 0.1) is 0 Å². The monoisotopic (exact) mass is 588 g/mol. The smallest absolute Gasteiger partial charge is 0.398 e. The van der Waals surface area contributed by atoms with Crippen molar-refractivity contribution in [2.75, 3.05) is 0 Å². The highest BCUT2D eigenvalue weighted by atomic mass is 31.2. The van der Waals surface area contributed by atoms with Gasteiger partial charge in [0, 0.05) is 29.1 Å². The van der Waals surface area contributed by atoms with Gasteiger partial charge in [0.2, 0.25) is 0 Å².